The van der Waals surface area contributed by atoms with Gasteiger partial charge in [0.1, 0.15) is 12.1 Å². The van der Waals surface area contributed by atoms with Crippen molar-refractivity contribution in [2.75, 3.05) is 26.2 Å². The summed E-state index contributed by atoms with van der Waals surface area (Å²) < 4.78 is 4.82. The minimum Gasteiger partial charge on any atom is -0.309 e. The second kappa shape index (κ2) is 6.12. The monoisotopic (exact) mass is 342 g/mol. The Morgan fingerprint density at radius 1 is 1.17 bits per heavy atom. The standard InChI is InChI=1S/C14H22N4O4S/c19-13(15-21-12-8-16-5-3-9(12)4-6-16)11-2-1-10-7-17(11)14(20)18(10)22-23/h9-12,23H,1-8H2,(H,15,19)/t10-,11+,12?/m1/s1. The summed E-state index contributed by atoms with van der Waals surface area (Å²) in [7, 11) is 0. The zero-order valence-corrected chi connectivity index (χ0v) is 13.8. The number of nitrogens with zero attached hydrogens (tertiary/aromatic N) is 3. The van der Waals surface area contributed by atoms with E-state index in [1.54, 1.807) is 4.90 Å². The molecule has 5 aliphatic heterocycles. The predicted molar refractivity (Wildman–Crippen MR) is 83.0 cm³/mol. The van der Waals surface area contributed by atoms with E-state index in [1.165, 1.54) is 5.06 Å². The fraction of sp³-hybridized carbons (Fsp3) is 0.857. The van der Waals surface area contributed by atoms with Crippen molar-refractivity contribution >= 4 is 24.8 Å². The third-order valence-corrected chi connectivity index (χ3v) is 5.80. The molecule has 3 atom stereocenters. The van der Waals surface area contributed by atoms with Crippen molar-refractivity contribution in [1.82, 2.24) is 20.3 Å². The molecular formula is C14H22N4O4S. The Balaban J connectivity index is 1.34. The molecule has 23 heavy (non-hydrogen) atoms. The molecule has 5 fully saturated rings. The summed E-state index contributed by atoms with van der Waals surface area (Å²) in [4.78, 5) is 34.2. The number of nitrogens with one attached hydrogen (secondary N) is 1. The summed E-state index contributed by atoms with van der Waals surface area (Å²) in [6.07, 6.45) is 3.65. The lowest BCUT2D eigenvalue weighted by Crippen LogP contribution is -2.55. The van der Waals surface area contributed by atoms with Crippen molar-refractivity contribution in [1.29, 1.82) is 0 Å². The lowest BCUT2D eigenvalue weighted by molar-refractivity contribution is -0.155. The molecule has 5 rings (SSSR count). The number of fused-ring (bicyclic) bond motifs is 5. The van der Waals surface area contributed by atoms with Gasteiger partial charge in [-0.3, -0.25) is 9.63 Å². The van der Waals surface area contributed by atoms with Crippen molar-refractivity contribution in [3.05, 3.63) is 0 Å². The Morgan fingerprint density at radius 2 is 1.96 bits per heavy atom. The van der Waals surface area contributed by atoms with E-state index in [1.807, 2.05) is 0 Å². The van der Waals surface area contributed by atoms with Crippen LogP contribution >= 0.6 is 12.9 Å². The van der Waals surface area contributed by atoms with Gasteiger partial charge in [-0.15, -0.1) is 0 Å². The molecule has 0 aromatic heterocycles. The van der Waals surface area contributed by atoms with Crippen LogP contribution in [-0.4, -0.2) is 71.2 Å². The van der Waals surface area contributed by atoms with Gasteiger partial charge in [-0.1, -0.05) is 0 Å². The summed E-state index contributed by atoms with van der Waals surface area (Å²) in [6, 6.07) is -0.814. The minimum absolute atomic E-state index is 0.0214. The Labute approximate surface area is 140 Å². The van der Waals surface area contributed by atoms with Crippen molar-refractivity contribution < 1.29 is 18.7 Å². The highest BCUT2D eigenvalue weighted by molar-refractivity contribution is 7.75. The maximum absolute atomic E-state index is 12.5. The summed E-state index contributed by atoms with van der Waals surface area (Å²) in [6.45, 7) is 3.63. The maximum Gasteiger partial charge on any atom is 0.345 e. The second-order valence-corrected chi connectivity index (χ2v) is 7.01. The van der Waals surface area contributed by atoms with Gasteiger partial charge in [0.2, 0.25) is 0 Å². The van der Waals surface area contributed by atoms with Gasteiger partial charge in [-0.2, -0.15) is 5.06 Å². The molecule has 5 aliphatic rings. The fourth-order valence-electron chi connectivity index (χ4n) is 4.26. The maximum atomic E-state index is 12.5. The van der Waals surface area contributed by atoms with Gasteiger partial charge in [-0.25, -0.2) is 14.6 Å². The lowest BCUT2D eigenvalue weighted by atomic mass is 9.86. The van der Waals surface area contributed by atoms with Gasteiger partial charge in [-0.05, 0) is 44.7 Å². The molecule has 9 heteroatoms. The molecule has 5 heterocycles. The second-order valence-electron chi connectivity index (χ2n) is 6.85. The average molecular weight is 342 g/mol. The van der Waals surface area contributed by atoms with Gasteiger partial charge < -0.3 is 9.80 Å². The number of hydroxylamine groups is 3. The highest BCUT2D eigenvalue weighted by Crippen LogP contribution is 2.31. The summed E-state index contributed by atoms with van der Waals surface area (Å²) in [5.74, 6) is 0.284. The first-order valence-corrected chi connectivity index (χ1v) is 8.63. The zero-order chi connectivity index (χ0) is 16.0. The van der Waals surface area contributed by atoms with Crippen molar-refractivity contribution in [3.8, 4) is 0 Å². The highest BCUT2D eigenvalue weighted by Gasteiger charge is 2.48. The molecule has 0 aromatic carbocycles. The van der Waals surface area contributed by atoms with E-state index in [0.29, 0.717) is 18.9 Å². The van der Waals surface area contributed by atoms with Gasteiger partial charge in [0, 0.05) is 26.0 Å². The molecule has 0 saturated carbocycles. The molecule has 1 unspecified atom stereocenters. The molecule has 128 valence electrons. The molecule has 3 amide bonds. The Bertz CT molecular complexity index is 499. The van der Waals surface area contributed by atoms with E-state index in [9.17, 15) is 9.59 Å². The third-order valence-electron chi connectivity index (χ3n) is 5.62. The molecule has 1 N–H and O–H groups in total. The predicted octanol–water partition coefficient (Wildman–Crippen LogP) is 0.173. The minimum atomic E-state index is -0.492. The van der Waals surface area contributed by atoms with E-state index in [2.05, 4.69) is 23.3 Å². The number of hydrogen-bond acceptors (Lipinski definition) is 6. The molecule has 4 bridgehead atoms. The number of carbonyl (C=O) groups excluding carboxylic acids is 2. The Morgan fingerprint density at radius 3 is 2.61 bits per heavy atom. The largest absolute Gasteiger partial charge is 0.345 e. The first kappa shape index (κ1) is 15.5. The van der Waals surface area contributed by atoms with Crippen molar-refractivity contribution in [2.24, 2.45) is 5.92 Å². The van der Waals surface area contributed by atoms with Crippen LogP contribution in [-0.2, 0) is 13.9 Å². The molecule has 0 radical (unpaired) electrons. The van der Waals surface area contributed by atoms with E-state index < -0.39 is 6.04 Å². The average Bonchev–Trinajstić information content (AvgIpc) is 2.84. The molecule has 0 aromatic rings. The molecule has 0 spiro atoms. The van der Waals surface area contributed by atoms with Gasteiger partial charge in [0.05, 0.1) is 6.04 Å². The summed E-state index contributed by atoms with van der Waals surface area (Å²) >= 11 is 3.72. The topological polar surface area (TPSA) is 74.4 Å². The number of piperidine rings is 4. The van der Waals surface area contributed by atoms with Gasteiger partial charge >= 0.3 is 6.03 Å². The number of amides is 3. The van der Waals surface area contributed by atoms with Gasteiger partial charge in [0.25, 0.3) is 5.91 Å². The smallest absolute Gasteiger partial charge is 0.309 e. The van der Waals surface area contributed by atoms with E-state index in [4.69, 9.17) is 9.12 Å². The molecule has 5 saturated heterocycles. The summed E-state index contributed by atoms with van der Waals surface area (Å²) in [5, 5.41) is 1.24. The van der Waals surface area contributed by atoms with E-state index >= 15 is 0 Å². The quantitative estimate of drug-likeness (QED) is 0.433. The molecule has 0 aliphatic carbocycles. The third kappa shape index (κ3) is 2.69. The van der Waals surface area contributed by atoms with Crippen LogP contribution in [0.15, 0.2) is 0 Å². The van der Waals surface area contributed by atoms with Gasteiger partial charge in [0.15, 0.2) is 0 Å². The van der Waals surface area contributed by atoms with Crippen LogP contribution in [0, 0.1) is 5.92 Å². The number of rotatable bonds is 4. The van der Waals surface area contributed by atoms with E-state index in [-0.39, 0.29) is 24.1 Å². The van der Waals surface area contributed by atoms with Crippen LogP contribution in [0.3, 0.4) is 0 Å². The normalized spacial score (nSPS) is 39.0. The number of hydrogen-bond donors (Lipinski definition) is 2. The number of thiol groups is 1. The van der Waals surface area contributed by atoms with Crippen LogP contribution in [0.25, 0.3) is 0 Å². The Hall–Kier alpha value is -1.03. The number of carbonyl (C=O) groups is 2. The fourth-order valence-corrected chi connectivity index (χ4v) is 4.46. The SMILES string of the molecule is O=C(NOC1CN2CCC1CC2)[C@@H]1CC[C@@H]2CN1C(=O)N2OS. The zero-order valence-electron chi connectivity index (χ0n) is 12.9. The van der Waals surface area contributed by atoms with Crippen LogP contribution in [0.4, 0.5) is 4.79 Å². The van der Waals surface area contributed by atoms with E-state index in [0.717, 1.165) is 38.9 Å². The van der Waals surface area contributed by atoms with Crippen LogP contribution in [0.1, 0.15) is 25.7 Å². The number of urea groups is 1. The first-order chi connectivity index (χ1) is 11.2. The first-order valence-electron chi connectivity index (χ1n) is 8.26. The highest BCUT2D eigenvalue weighted by atomic mass is 32.1. The van der Waals surface area contributed by atoms with Crippen LogP contribution < -0.4 is 5.48 Å². The van der Waals surface area contributed by atoms with Crippen molar-refractivity contribution in [3.63, 3.8) is 0 Å². The van der Waals surface area contributed by atoms with Crippen molar-refractivity contribution in [2.45, 2.75) is 43.9 Å². The lowest BCUT2D eigenvalue weighted by Gasteiger charge is -2.44. The summed E-state index contributed by atoms with van der Waals surface area (Å²) in [5.41, 5.74) is 2.61. The van der Waals surface area contributed by atoms with Crippen LogP contribution in [0.2, 0.25) is 0 Å². The Kier molecular flexibility index (Phi) is 4.12. The molecule has 8 nitrogen and oxygen atoms in total. The molecular weight excluding hydrogens is 320 g/mol. The van der Waals surface area contributed by atoms with Crippen LogP contribution in [0.5, 0.6) is 0 Å².